The van der Waals surface area contributed by atoms with Crippen LogP contribution in [0.2, 0.25) is 0 Å². The van der Waals surface area contributed by atoms with E-state index in [4.69, 9.17) is 5.11 Å². The van der Waals surface area contributed by atoms with Crippen molar-refractivity contribution in [1.29, 1.82) is 0 Å². The summed E-state index contributed by atoms with van der Waals surface area (Å²) in [7, 11) is 0. The summed E-state index contributed by atoms with van der Waals surface area (Å²) in [6, 6.07) is 0. The third-order valence-electron chi connectivity index (χ3n) is 0.563. The summed E-state index contributed by atoms with van der Waals surface area (Å²) in [6.45, 7) is -1.20. The van der Waals surface area contributed by atoms with Gasteiger partial charge in [-0.05, 0) is 0 Å². The number of rotatable bonds is 4. The lowest BCUT2D eigenvalue weighted by molar-refractivity contribution is -0.167. The summed E-state index contributed by atoms with van der Waals surface area (Å²) >= 11 is 0. The molecule has 6 heteroatoms. The average molecular weight is 158 g/mol. The summed E-state index contributed by atoms with van der Waals surface area (Å²) in [6.07, 6.45) is -5.51. The van der Waals surface area contributed by atoms with E-state index in [0.29, 0.717) is 0 Å². The van der Waals surface area contributed by atoms with E-state index in [9.17, 15) is 18.0 Å². The Morgan fingerprint density at radius 3 is 2.30 bits per heavy atom. The van der Waals surface area contributed by atoms with Gasteiger partial charge in [0.25, 0.3) is 12.8 Å². The SMILES string of the molecule is O=C(O)C(F)OCC(F)F. The highest BCUT2D eigenvalue weighted by molar-refractivity contribution is 5.70. The van der Waals surface area contributed by atoms with Crippen molar-refractivity contribution in [2.24, 2.45) is 0 Å². The van der Waals surface area contributed by atoms with E-state index in [1.54, 1.807) is 0 Å². The topological polar surface area (TPSA) is 46.5 Å². The van der Waals surface area contributed by atoms with Gasteiger partial charge in [0.1, 0.15) is 6.61 Å². The van der Waals surface area contributed by atoms with Crippen molar-refractivity contribution in [3.63, 3.8) is 0 Å². The van der Waals surface area contributed by atoms with Gasteiger partial charge in [0.15, 0.2) is 0 Å². The molecule has 0 aromatic heterocycles. The van der Waals surface area contributed by atoms with Crippen LogP contribution in [0.25, 0.3) is 0 Å². The van der Waals surface area contributed by atoms with Crippen LogP contribution in [0.1, 0.15) is 0 Å². The molecule has 1 atom stereocenters. The van der Waals surface area contributed by atoms with Crippen LogP contribution in [0, 0.1) is 0 Å². The van der Waals surface area contributed by atoms with Crippen molar-refractivity contribution in [3.05, 3.63) is 0 Å². The molecule has 0 radical (unpaired) electrons. The molecule has 10 heavy (non-hydrogen) atoms. The molecule has 0 heterocycles. The second-order valence-corrected chi connectivity index (χ2v) is 1.38. The number of carboxylic acid groups (broad SMARTS) is 1. The molecule has 60 valence electrons. The summed E-state index contributed by atoms with van der Waals surface area (Å²) in [5.74, 6) is -1.90. The first-order chi connectivity index (χ1) is 4.54. The summed E-state index contributed by atoms with van der Waals surface area (Å²) < 4.78 is 37.6. The minimum Gasteiger partial charge on any atom is -0.477 e. The van der Waals surface area contributed by atoms with E-state index >= 15 is 0 Å². The van der Waals surface area contributed by atoms with Crippen LogP contribution in [-0.2, 0) is 9.53 Å². The quantitative estimate of drug-likeness (QED) is 0.653. The number of aliphatic carboxylic acids is 1. The molecule has 0 amide bonds. The van der Waals surface area contributed by atoms with Gasteiger partial charge in [-0.3, -0.25) is 0 Å². The smallest absolute Gasteiger partial charge is 0.366 e. The first kappa shape index (κ1) is 9.22. The maximum Gasteiger partial charge on any atom is 0.366 e. The fourth-order valence-corrected chi connectivity index (χ4v) is 0.229. The van der Waals surface area contributed by atoms with Crippen molar-refractivity contribution >= 4 is 5.97 Å². The normalized spacial score (nSPS) is 13.6. The maximum atomic E-state index is 11.7. The van der Waals surface area contributed by atoms with Crippen LogP contribution in [0.3, 0.4) is 0 Å². The molecular formula is C4H5F3O3. The van der Waals surface area contributed by atoms with E-state index in [1.165, 1.54) is 0 Å². The molecule has 0 bridgehead atoms. The molecule has 0 aromatic rings. The Bertz CT molecular complexity index is 116. The van der Waals surface area contributed by atoms with Gasteiger partial charge in [-0.25, -0.2) is 18.0 Å². The number of halogens is 3. The van der Waals surface area contributed by atoms with Gasteiger partial charge in [-0.2, -0.15) is 0 Å². The molecule has 0 fully saturated rings. The minimum atomic E-state index is -2.85. The summed E-state index contributed by atoms with van der Waals surface area (Å²) in [4.78, 5) is 9.57. The zero-order valence-electron chi connectivity index (χ0n) is 4.76. The second kappa shape index (κ2) is 4.10. The molecule has 0 spiro atoms. The number of carboxylic acids is 1. The van der Waals surface area contributed by atoms with Crippen LogP contribution in [0.4, 0.5) is 13.2 Å². The van der Waals surface area contributed by atoms with Gasteiger partial charge in [-0.15, -0.1) is 0 Å². The van der Waals surface area contributed by atoms with Crippen LogP contribution < -0.4 is 0 Å². The summed E-state index contributed by atoms with van der Waals surface area (Å²) in [5.41, 5.74) is 0. The Morgan fingerprint density at radius 1 is 1.50 bits per heavy atom. The van der Waals surface area contributed by atoms with Gasteiger partial charge in [0.05, 0.1) is 0 Å². The molecular weight excluding hydrogens is 153 g/mol. The maximum absolute atomic E-state index is 11.7. The van der Waals surface area contributed by atoms with Crippen molar-refractivity contribution in [1.82, 2.24) is 0 Å². The van der Waals surface area contributed by atoms with Gasteiger partial charge >= 0.3 is 5.97 Å². The Hall–Kier alpha value is -0.780. The molecule has 0 rings (SSSR count). The second-order valence-electron chi connectivity index (χ2n) is 1.38. The minimum absolute atomic E-state index is 1.20. The monoisotopic (exact) mass is 158 g/mol. The Labute approximate surface area is 54.4 Å². The molecule has 0 aliphatic heterocycles. The van der Waals surface area contributed by atoms with E-state index in [-0.39, 0.29) is 0 Å². The lowest BCUT2D eigenvalue weighted by Gasteiger charge is -2.02. The van der Waals surface area contributed by atoms with Crippen molar-refractivity contribution in [2.75, 3.05) is 6.61 Å². The van der Waals surface area contributed by atoms with E-state index in [2.05, 4.69) is 4.74 Å². The fourth-order valence-electron chi connectivity index (χ4n) is 0.229. The van der Waals surface area contributed by atoms with Gasteiger partial charge in [0, 0.05) is 0 Å². The molecule has 0 saturated heterocycles. The predicted octanol–water partition coefficient (Wildman–Crippen LogP) is 0.648. The van der Waals surface area contributed by atoms with Gasteiger partial charge in [-0.1, -0.05) is 0 Å². The van der Waals surface area contributed by atoms with Crippen molar-refractivity contribution in [3.8, 4) is 0 Å². The van der Waals surface area contributed by atoms with Crippen molar-refractivity contribution < 1.29 is 27.8 Å². The van der Waals surface area contributed by atoms with Crippen LogP contribution in [0.15, 0.2) is 0 Å². The number of ether oxygens (including phenoxy) is 1. The van der Waals surface area contributed by atoms with Crippen LogP contribution >= 0.6 is 0 Å². The molecule has 1 unspecified atom stereocenters. The standard InChI is InChI=1S/C4H5F3O3/c5-2(6)1-10-3(7)4(8)9/h2-3H,1H2,(H,8,9). The third kappa shape index (κ3) is 4.13. The zero-order valence-corrected chi connectivity index (χ0v) is 4.76. The first-order valence-electron chi connectivity index (χ1n) is 2.30. The first-order valence-corrected chi connectivity index (χ1v) is 2.30. The predicted molar refractivity (Wildman–Crippen MR) is 24.5 cm³/mol. The van der Waals surface area contributed by atoms with Crippen LogP contribution in [-0.4, -0.2) is 30.5 Å². The zero-order chi connectivity index (χ0) is 8.15. The fraction of sp³-hybridized carbons (Fsp3) is 0.750. The number of alkyl halides is 3. The largest absolute Gasteiger partial charge is 0.477 e. The number of hydrogen-bond acceptors (Lipinski definition) is 2. The van der Waals surface area contributed by atoms with Crippen molar-refractivity contribution in [2.45, 2.75) is 12.8 Å². The Morgan fingerprint density at radius 2 is 2.00 bits per heavy atom. The Kier molecular flexibility index (Phi) is 3.78. The molecule has 0 aliphatic carbocycles. The highest BCUT2D eigenvalue weighted by Gasteiger charge is 2.17. The van der Waals surface area contributed by atoms with E-state index in [1.807, 2.05) is 0 Å². The molecule has 0 aromatic carbocycles. The molecule has 0 saturated carbocycles. The Balaban J connectivity index is 3.40. The van der Waals surface area contributed by atoms with E-state index < -0.39 is 25.4 Å². The number of carbonyl (C=O) groups is 1. The summed E-state index contributed by atoms with van der Waals surface area (Å²) in [5, 5.41) is 7.75. The van der Waals surface area contributed by atoms with Gasteiger partial charge < -0.3 is 9.84 Å². The lowest BCUT2D eigenvalue weighted by atomic mass is 10.7. The van der Waals surface area contributed by atoms with Gasteiger partial charge in [0.2, 0.25) is 0 Å². The highest BCUT2D eigenvalue weighted by Crippen LogP contribution is 1.98. The van der Waals surface area contributed by atoms with Crippen LogP contribution in [0.5, 0.6) is 0 Å². The third-order valence-corrected chi connectivity index (χ3v) is 0.563. The average Bonchev–Trinajstić information content (AvgIpc) is 1.82. The number of hydrogen-bond donors (Lipinski definition) is 1. The molecule has 1 N–H and O–H groups in total. The lowest BCUT2D eigenvalue weighted by Crippen LogP contribution is -2.21. The molecule has 3 nitrogen and oxygen atoms in total. The molecule has 0 aliphatic rings. The highest BCUT2D eigenvalue weighted by atomic mass is 19.3. The van der Waals surface area contributed by atoms with E-state index in [0.717, 1.165) is 0 Å².